The van der Waals surface area contributed by atoms with Crippen molar-refractivity contribution in [3.8, 4) is 28.3 Å². The van der Waals surface area contributed by atoms with Gasteiger partial charge in [-0.1, -0.05) is 0 Å². The molecule has 6 nitrogen and oxygen atoms in total. The Labute approximate surface area is 161 Å². The molecule has 4 heterocycles. The Balaban J connectivity index is 1.74. The molecule has 0 aliphatic rings. The lowest BCUT2D eigenvalue weighted by Crippen LogP contribution is -2.05. The van der Waals surface area contributed by atoms with Gasteiger partial charge in [-0.15, -0.1) is 0 Å². The number of nitrogens with one attached hydrogen (secondary N) is 1. The van der Waals surface area contributed by atoms with Crippen molar-refractivity contribution in [3.05, 3.63) is 71.4 Å². The smallest absolute Gasteiger partial charge is 0.223 e. The predicted octanol–water partition coefficient (Wildman–Crippen LogP) is 4.28. The fourth-order valence-corrected chi connectivity index (χ4v) is 3.37. The van der Waals surface area contributed by atoms with Crippen LogP contribution in [0, 0.1) is 0 Å². The van der Waals surface area contributed by atoms with Crippen molar-refractivity contribution in [2.45, 2.75) is 6.54 Å². The number of rotatable bonds is 6. The van der Waals surface area contributed by atoms with Crippen molar-refractivity contribution in [1.82, 2.24) is 19.9 Å². The van der Waals surface area contributed by atoms with Gasteiger partial charge in [0.15, 0.2) is 0 Å². The van der Waals surface area contributed by atoms with Crippen LogP contribution in [0.3, 0.4) is 0 Å². The molecule has 0 radical (unpaired) electrons. The molecule has 0 amide bonds. The van der Waals surface area contributed by atoms with E-state index < -0.39 is 0 Å². The Kier molecular flexibility index (Phi) is 5.02. The third-order valence-corrected chi connectivity index (χ3v) is 4.72. The van der Waals surface area contributed by atoms with E-state index in [0.717, 1.165) is 27.9 Å². The number of anilines is 1. The van der Waals surface area contributed by atoms with Gasteiger partial charge in [0.1, 0.15) is 0 Å². The van der Waals surface area contributed by atoms with Gasteiger partial charge in [-0.3, -0.25) is 4.98 Å². The molecule has 0 aromatic carbocycles. The Hall–Kier alpha value is -3.32. The average molecular weight is 375 g/mol. The minimum absolute atomic E-state index is 0.535. The van der Waals surface area contributed by atoms with Crippen LogP contribution in [0.4, 0.5) is 5.95 Å². The molecule has 4 aromatic rings. The summed E-state index contributed by atoms with van der Waals surface area (Å²) in [5.74, 6) is 1.08. The first-order valence-electron chi connectivity index (χ1n) is 8.37. The maximum atomic E-state index is 5.44. The maximum absolute atomic E-state index is 5.44. The quantitative estimate of drug-likeness (QED) is 0.542. The van der Waals surface area contributed by atoms with E-state index in [9.17, 15) is 0 Å². The molecule has 0 atom stereocenters. The second-order valence-electron chi connectivity index (χ2n) is 5.74. The molecule has 4 aromatic heterocycles. The molecule has 4 rings (SSSR count). The number of pyridine rings is 2. The first-order valence-corrected chi connectivity index (χ1v) is 9.31. The summed E-state index contributed by atoms with van der Waals surface area (Å²) in [6, 6.07) is 9.80. The normalized spacial score (nSPS) is 10.6. The minimum atomic E-state index is 0.535. The van der Waals surface area contributed by atoms with Crippen LogP contribution in [-0.2, 0) is 6.54 Å². The molecule has 0 fully saturated rings. The second-order valence-corrected chi connectivity index (χ2v) is 6.52. The van der Waals surface area contributed by atoms with Crippen LogP contribution in [0.5, 0.6) is 5.88 Å². The van der Waals surface area contributed by atoms with Gasteiger partial charge >= 0.3 is 0 Å². The zero-order valence-electron chi connectivity index (χ0n) is 14.7. The van der Waals surface area contributed by atoms with Gasteiger partial charge in [-0.25, -0.2) is 15.0 Å². The molecular weight excluding hydrogens is 358 g/mol. The van der Waals surface area contributed by atoms with E-state index >= 15 is 0 Å². The monoisotopic (exact) mass is 375 g/mol. The summed E-state index contributed by atoms with van der Waals surface area (Å²) < 4.78 is 5.44. The standard InChI is InChI=1S/C20H17N5OS/c1-26-19-16(3-2-7-22-19)18-17(15-6-10-27-13-15)12-24-20(25-18)23-11-14-4-8-21-9-5-14/h2-10,12-13H,11H2,1H3,(H,23,24,25). The highest BCUT2D eigenvalue weighted by Gasteiger charge is 2.16. The Morgan fingerprint density at radius 2 is 1.93 bits per heavy atom. The molecule has 1 N–H and O–H groups in total. The largest absolute Gasteiger partial charge is 0.481 e. The van der Waals surface area contributed by atoms with Gasteiger partial charge in [0.2, 0.25) is 11.8 Å². The van der Waals surface area contributed by atoms with Crippen LogP contribution in [0.1, 0.15) is 5.56 Å². The van der Waals surface area contributed by atoms with Crippen molar-refractivity contribution in [2.75, 3.05) is 12.4 Å². The van der Waals surface area contributed by atoms with Crippen molar-refractivity contribution < 1.29 is 4.74 Å². The molecule has 0 aliphatic carbocycles. The summed E-state index contributed by atoms with van der Waals surface area (Å²) in [5, 5.41) is 7.39. The topological polar surface area (TPSA) is 72.8 Å². The second kappa shape index (κ2) is 7.92. The predicted molar refractivity (Wildman–Crippen MR) is 107 cm³/mol. The lowest BCUT2D eigenvalue weighted by molar-refractivity contribution is 0.399. The minimum Gasteiger partial charge on any atom is -0.481 e. The van der Waals surface area contributed by atoms with E-state index in [-0.39, 0.29) is 0 Å². The van der Waals surface area contributed by atoms with Crippen LogP contribution in [0.2, 0.25) is 0 Å². The molecule has 0 saturated heterocycles. The van der Waals surface area contributed by atoms with Crippen LogP contribution in [0.25, 0.3) is 22.4 Å². The van der Waals surface area contributed by atoms with Gasteiger partial charge in [0.25, 0.3) is 0 Å². The van der Waals surface area contributed by atoms with E-state index in [2.05, 4.69) is 31.7 Å². The number of thiophene rings is 1. The molecule has 0 unspecified atom stereocenters. The average Bonchev–Trinajstić information content (AvgIpc) is 3.27. The summed E-state index contributed by atoms with van der Waals surface area (Å²) in [5.41, 5.74) is 4.73. The van der Waals surface area contributed by atoms with Gasteiger partial charge in [-0.2, -0.15) is 11.3 Å². The van der Waals surface area contributed by atoms with Gasteiger partial charge < -0.3 is 10.1 Å². The van der Waals surface area contributed by atoms with Crippen molar-refractivity contribution in [3.63, 3.8) is 0 Å². The van der Waals surface area contributed by atoms with Crippen molar-refractivity contribution in [1.29, 1.82) is 0 Å². The summed E-state index contributed by atoms with van der Waals surface area (Å²) >= 11 is 1.64. The molecule has 0 spiro atoms. The molecule has 134 valence electrons. The SMILES string of the molecule is COc1ncccc1-c1nc(NCc2ccncc2)ncc1-c1ccsc1. The van der Waals surface area contributed by atoms with Gasteiger partial charge in [-0.05, 0) is 52.2 Å². The number of methoxy groups -OCH3 is 1. The summed E-state index contributed by atoms with van der Waals surface area (Å²) in [6.45, 7) is 0.615. The fraction of sp³-hybridized carbons (Fsp3) is 0.100. The first-order chi connectivity index (χ1) is 13.3. The Bertz CT molecular complexity index is 1020. The van der Waals surface area contributed by atoms with Gasteiger partial charge in [0.05, 0.1) is 18.4 Å². The molecule has 0 bridgehead atoms. The van der Waals surface area contributed by atoms with Crippen LogP contribution < -0.4 is 10.1 Å². The lowest BCUT2D eigenvalue weighted by Gasteiger charge is -2.13. The number of ether oxygens (including phenoxy) is 1. The molecule has 27 heavy (non-hydrogen) atoms. The van der Waals surface area contributed by atoms with E-state index in [1.54, 1.807) is 37.0 Å². The maximum Gasteiger partial charge on any atom is 0.223 e. The number of hydrogen-bond acceptors (Lipinski definition) is 7. The van der Waals surface area contributed by atoms with E-state index in [4.69, 9.17) is 9.72 Å². The van der Waals surface area contributed by atoms with Crippen LogP contribution in [-0.4, -0.2) is 27.0 Å². The number of aromatic nitrogens is 4. The number of hydrogen-bond donors (Lipinski definition) is 1. The fourth-order valence-electron chi connectivity index (χ4n) is 2.72. The zero-order chi connectivity index (χ0) is 18.5. The first kappa shape index (κ1) is 17.1. The highest BCUT2D eigenvalue weighted by molar-refractivity contribution is 7.08. The summed E-state index contributed by atoms with van der Waals surface area (Å²) in [7, 11) is 1.61. The molecule has 0 aliphatic heterocycles. The molecular formula is C20H17N5OS. The molecule has 0 saturated carbocycles. The zero-order valence-corrected chi connectivity index (χ0v) is 15.5. The third kappa shape index (κ3) is 3.78. The lowest BCUT2D eigenvalue weighted by atomic mass is 10.0. The highest BCUT2D eigenvalue weighted by atomic mass is 32.1. The Morgan fingerprint density at radius 1 is 1.04 bits per heavy atom. The Morgan fingerprint density at radius 3 is 2.70 bits per heavy atom. The van der Waals surface area contributed by atoms with Crippen molar-refractivity contribution >= 4 is 17.3 Å². The van der Waals surface area contributed by atoms with E-state index in [1.165, 1.54) is 0 Å². The van der Waals surface area contributed by atoms with E-state index in [1.807, 2.05) is 35.8 Å². The highest BCUT2D eigenvalue weighted by Crippen LogP contribution is 2.35. The molecule has 7 heteroatoms. The summed E-state index contributed by atoms with van der Waals surface area (Å²) in [6.07, 6.45) is 7.08. The van der Waals surface area contributed by atoms with Gasteiger partial charge in [0, 0.05) is 36.9 Å². The van der Waals surface area contributed by atoms with Crippen molar-refractivity contribution in [2.24, 2.45) is 0 Å². The van der Waals surface area contributed by atoms with E-state index in [0.29, 0.717) is 18.4 Å². The van der Waals surface area contributed by atoms with Crippen LogP contribution in [0.15, 0.2) is 65.9 Å². The third-order valence-electron chi connectivity index (χ3n) is 4.04. The number of nitrogens with zero attached hydrogens (tertiary/aromatic N) is 4. The van der Waals surface area contributed by atoms with Crippen LogP contribution >= 0.6 is 11.3 Å². The summed E-state index contributed by atoms with van der Waals surface area (Å²) in [4.78, 5) is 17.6.